The highest BCUT2D eigenvalue weighted by Crippen LogP contribution is 2.21. The van der Waals surface area contributed by atoms with Crippen LogP contribution >= 0.6 is 11.3 Å². The first-order valence-electron chi connectivity index (χ1n) is 7.69. The molecule has 1 aromatic carbocycles. The number of nitrogens with one attached hydrogen (secondary N) is 1. The summed E-state index contributed by atoms with van der Waals surface area (Å²) in [5, 5.41) is 8.02. The average molecular weight is 302 g/mol. The Morgan fingerprint density at radius 2 is 2.05 bits per heavy atom. The van der Waals surface area contributed by atoms with Crippen molar-refractivity contribution in [3.63, 3.8) is 0 Å². The van der Waals surface area contributed by atoms with Gasteiger partial charge in [0.15, 0.2) is 0 Å². The van der Waals surface area contributed by atoms with Crippen molar-refractivity contribution in [2.24, 2.45) is 0 Å². The molecular weight excluding hydrogens is 276 g/mol. The van der Waals surface area contributed by atoms with E-state index in [9.17, 15) is 0 Å². The zero-order valence-electron chi connectivity index (χ0n) is 13.3. The summed E-state index contributed by atoms with van der Waals surface area (Å²) in [6.45, 7) is 7.53. The minimum absolute atomic E-state index is 0.445. The Labute approximate surface area is 132 Å². The van der Waals surface area contributed by atoms with Crippen LogP contribution in [0.3, 0.4) is 0 Å². The van der Waals surface area contributed by atoms with Crippen molar-refractivity contribution in [1.29, 1.82) is 0 Å². The predicted molar refractivity (Wildman–Crippen MR) is 92.9 cm³/mol. The predicted octanol–water partition coefficient (Wildman–Crippen LogP) is 4.23. The average Bonchev–Trinajstić information content (AvgIpc) is 2.97. The lowest BCUT2D eigenvalue weighted by molar-refractivity contribution is 0.301. The van der Waals surface area contributed by atoms with Gasteiger partial charge in [-0.1, -0.05) is 31.2 Å². The standard InChI is InChI=1S/C18H26N2S/c1-4-19-18(17-8-6-5-7-15(17)2)9-11-20(3)13-16-10-12-21-14-16/h5-8,10,12,14,18-19H,4,9,11,13H2,1-3H3. The Kier molecular flexibility index (Phi) is 6.43. The van der Waals surface area contributed by atoms with E-state index in [2.05, 4.69) is 72.2 Å². The number of hydrogen-bond donors (Lipinski definition) is 1. The minimum Gasteiger partial charge on any atom is -0.310 e. The summed E-state index contributed by atoms with van der Waals surface area (Å²) in [6.07, 6.45) is 1.14. The molecule has 0 aliphatic rings. The molecule has 1 unspecified atom stereocenters. The molecule has 2 aromatic rings. The van der Waals surface area contributed by atoms with E-state index < -0.39 is 0 Å². The van der Waals surface area contributed by atoms with E-state index in [-0.39, 0.29) is 0 Å². The zero-order valence-corrected chi connectivity index (χ0v) is 14.1. The Morgan fingerprint density at radius 1 is 1.24 bits per heavy atom. The molecule has 1 heterocycles. The first-order chi connectivity index (χ1) is 10.2. The number of thiophene rings is 1. The van der Waals surface area contributed by atoms with Gasteiger partial charge in [0.05, 0.1) is 0 Å². The fraction of sp³-hybridized carbons (Fsp3) is 0.444. The van der Waals surface area contributed by atoms with Crippen LogP contribution in [0.15, 0.2) is 41.1 Å². The van der Waals surface area contributed by atoms with Gasteiger partial charge in [0.2, 0.25) is 0 Å². The maximum atomic E-state index is 3.63. The smallest absolute Gasteiger partial charge is 0.0334 e. The maximum Gasteiger partial charge on any atom is 0.0334 e. The summed E-state index contributed by atoms with van der Waals surface area (Å²) in [5.74, 6) is 0. The normalized spacial score (nSPS) is 12.8. The molecule has 2 nitrogen and oxygen atoms in total. The molecule has 3 heteroatoms. The molecule has 0 radical (unpaired) electrons. The van der Waals surface area contributed by atoms with Gasteiger partial charge in [0, 0.05) is 12.6 Å². The van der Waals surface area contributed by atoms with Crippen molar-refractivity contribution in [2.75, 3.05) is 20.1 Å². The molecule has 0 fully saturated rings. The summed E-state index contributed by atoms with van der Waals surface area (Å²) in [7, 11) is 2.21. The molecule has 0 saturated carbocycles. The Morgan fingerprint density at radius 3 is 2.71 bits per heavy atom. The van der Waals surface area contributed by atoms with Gasteiger partial charge in [-0.2, -0.15) is 11.3 Å². The van der Waals surface area contributed by atoms with Crippen molar-refractivity contribution in [2.45, 2.75) is 32.9 Å². The van der Waals surface area contributed by atoms with Crippen LogP contribution in [0, 0.1) is 6.92 Å². The van der Waals surface area contributed by atoms with Gasteiger partial charge < -0.3 is 10.2 Å². The molecule has 114 valence electrons. The molecular formula is C18H26N2S. The van der Waals surface area contributed by atoms with Crippen LogP contribution in [0.5, 0.6) is 0 Å². The first kappa shape index (κ1) is 16.2. The fourth-order valence-electron chi connectivity index (χ4n) is 2.71. The molecule has 1 N–H and O–H groups in total. The SMILES string of the molecule is CCNC(CCN(C)Cc1ccsc1)c1ccccc1C. The van der Waals surface area contributed by atoms with Crippen molar-refractivity contribution < 1.29 is 0 Å². The van der Waals surface area contributed by atoms with E-state index in [4.69, 9.17) is 0 Å². The highest BCUT2D eigenvalue weighted by molar-refractivity contribution is 7.07. The molecule has 0 spiro atoms. The second kappa shape index (κ2) is 8.32. The molecule has 2 rings (SSSR count). The second-order valence-electron chi connectivity index (χ2n) is 5.62. The largest absolute Gasteiger partial charge is 0.310 e. The van der Waals surface area contributed by atoms with Gasteiger partial charge in [-0.25, -0.2) is 0 Å². The third kappa shape index (κ3) is 4.95. The lowest BCUT2D eigenvalue weighted by Gasteiger charge is -2.23. The monoisotopic (exact) mass is 302 g/mol. The van der Waals surface area contributed by atoms with Crippen molar-refractivity contribution in [3.05, 3.63) is 57.8 Å². The Hall–Kier alpha value is -1.16. The van der Waals surface area contributed by atoms with Crippen LogP contribution in [0.1, 0.15) is 36.1 Å². The van der Waals surface area contributed by atoms with Crippen LogP contribution in [0.25, 0.3) is 0 Å². The second-order valence-corrected chi connectivity index (χ2v) is 6.40. The van der Waals surface area contributed by atoms with Gasteiger partial charge in [-0.15, -0.1) is 0 Å². The van der Waals surface area contributed by atoms with E-state index in [1.807, 2.05) is 0 Å². The molecule has 0 saturated heterocycles. The quantitative estimate of drug-likeness (QED) is 0.785. The minimum atomic E-state index is 0.445. The van der Waals surface area contributed by atoms with E-state index >= 15 is 0 Å². The van der Waals surface area contributed by atoms with Crippen LogP contribution in [0.4, 0.5) is 0 Å². The van der Waals surface area contributed by atoms with Gasteiger partial charge >= 0.3 is 0 Å². The van der Waals surface area contributed by atoms with Gasteiger partial charge in [-0.05, 0) is 67.0 Å². The van der Waals surface area contributed by atoms with E-state index in [1.165, 1.54) is 16.7 Å². The van der Waals surface area contributed by atoms with Crippen LogP contribution in [-0.4, -0.2) is 25.0 Å². The molecule has 21 heavy (non-hydrogen) atoms. The molecule has 1 aromatic heterocycles. The van der Waals surface area contributed by atoms with Crippen LogP contribution in [0.2, 0.25) is 0 Å². The number of hydrogen-bond acceptors (Lipinski definition) is 3. The number of nitrogens with zero attached hydrogens (tertiary/aromatic N) is 1. The molecule has 0 aliphatic carbocycles. The van der Waals surface area contributed by atoms with Crippen molar-refractivity contribution in [1.82, 2.24) is 10.2 Å². The topological polar surface area (TPSA) is 15.3 Å². The van der Waals surface area contributed by atoms with Gasteiger partial charge in [0.1, 0.15) is 0 Å². The third-order valence-electron chi connectivity index (χ3n) is 3.85. The van der Waals surface area contributed by atoms with E-state index in [0.717, 1.165) is 26.1 Å². The number of aryl methyl sites for hydroxylation is 1. The van der Waals surface area contributed by atoms with Gasteiger partial charge in [0.25, 0.3) is 0 Å². The molecule has 1 atom stereocenters. The fourth-order valence-corrected chi connectivity index (χ4v) is 3.37. The molecule has 0 amide bonds. The Bertz CT molecular complexity index is 522. The molecule has 0 aliphatic heterocycles. The lowest BCUT2D eigenvalue weighted by Crippen LogP contribution is -2.27. The summed E-state index contributed by atoms with van der Waals surface area (Å²) in [6, 6.07) is 11.4. The summed E-state index contributed by atoms with van der Waals surface area (Å²) < 4.78 is 0. The van der Waals surface area contributed by atoms with Crippen molar-refractivity contribution in [3.8, 4) is 0 Å². The van der Waals surface area contributed by atoms with E-state index in [1.54, 1.807) is 11.3 Å². The third-order valence-corrected chi connectivity index (χ3v) is 4.58. The maximum absolute atomic E-state index is 3.63. The number of rotatable bonds is 8. The summed E-state index contributed by atoms with van der Waals surface area (Å²) in [5.41, 5.74) is 4.23. The Balaban J connectivity index is 1.92. The summed E-state index contributed by atoms with van der Waals surface area (Å²) in [4.78, 5) is 2.41. The highest BCUT2D eigenvalue weighted by Gasteiger charge is 2.13. The van der Waals surface area contributed by atoms with Gasteiger partial charge in [-0.3, -0.25) is 0 Å². The first-order valence-corrected chi connectivity index (χ1v) is 8.63. The van der Waals surface area contributed by atoms with Crippen molar-refractivity contribution >= 4 is 11.3 Å². The molecule has 0 bridgehead atoms. The summed E-state index contributed by atoms with van der Waals surface area (Å²) >= 11 is 1.77. The zero-order chi connectivity index (χ0) is 15.1. The van der Waals surface area contributed by atoms with E-state index in [0.29, 0.717) is 6.04 Å². The van der Waals surface area contributed by atoms with Crippen LogP contribution < -0.4 is 5.32 Å². The number of benzene rings is 1. The van der Waals surface area contributed by atoms with Crippen LogP contribution in [-0.2, 0) is 6.54 Å². The lowest BCUT2D eigenvalue weighted by atomic mass is 9.98. The highest BCUT2D eigenvalue weighted by atomic mass is 32.1.